The van der Waals surface area contributed by atoms with Crippen LogP contribution >= 0.6 is 0 Å². The summed E-state index contributed by atoms with van der Waals surface area (Å²) in [4.78, 5) is 0. The second-order valence-corrected chi connectivity index (χ2v) is 5.48. The van der Waals surface area contributed by atoms with Gasteiger partial charge < -0.3 is 10.6 Å². The van der Waals surface area contributed by atoms with Crippen LogP contribution in [0.4, 0.5) is 0 Å². The lowest BCUT2D eigenvalue weighted by Gasteiger charge is -2.46. The Bertz CT molecular complexity index is 173. The van der Waals surface area contributed by atoms with E-state index in [1.807, 2.05) is 0 Å². The van der Waals surface area contributed by atoms with Crippen molar-refractivity contribution in [3.05, 3.63) is 0 Å². The van der Waals surface area contributed by atoms with Crippen molar-refractivity contribution >= 4 is 0 Å². The smallest absolute Gasteiger partial charge is 0.0454 e. The van der Waals surface area contributed by atoms with Gasteiger partial charge in [-0.15, -0.1) is 0 Å². The van der Waals surface area contributed by atoms with E-state index in [4.69, 9.17) is 0 Å². The lowest BCUT2D eigenvalue weighted by Crippen LogP contribution is -2.55. The van der Waals surface area contributed by atoms with E-state index in [2.05, 4.69) is 17.6 Å². The largest absolute Gasteiger partial charge is 0.304 e. The molecule has 0 aromatic carbocycles. The molecule has 2 rings (SSSR count). The molecule has 1 saturated carbocycles. The van der Waals surface area contributed by atoms with Crippen LogP contribution in [0.3, 0.4) is 0 Å². The Morgan fingerprint density at radius 3 is 2.33 bits per heavy atom. The van der Waals surface area contributed by atoms with Crippen molar-refractivity contribution in [2.24, 2.45) is 11.3 Å². The fraction of sp³-hybridized carbons (Fsp3) is 1.00. The van der Waals surface area contributed by atoms with E-state index in [0.29, 0.717) is 5.41 Å². The molecule has 0 spiro atoms. The highest BCUT2D eigenvalue weighted by molar-refractivity contribution is 4.93. The Kier molecular flexibility index (Phi) is 4.04. The molecular weight excluding hydrogens is 184 g/mol. The number of nitrogens with one attached hydrogen (secondary N) is 2. The van der Waals surface area contributed by atoms with E-state index in [-0.39, 0.29) is 0 Å². The van der Waals surface area contributed by atoms with Gasteiger partial charge in [0.15, 0.2) is 0 Å². The minimum absolute atomic E-state index is 0.577. The highest BCUT2D eigenvalue weighted by Crippen LogP contribution is 2.41. The van der Waals surface area contributed by atoms with Crippen LogP contribution < -0.4 is 10.6 Å². The minimum Gasteiger partial charge on any atom is -0.304 e. The van der Waals surface area contributed by atoms with Crippen LogP contribution in [0.5, 0.6) is 0 Å². The molecule has 2 fully saturated rings. The Morgan fingerprint density at radius 2 is 1.73 bits per heavy atom. The molecule has 0 aromatic heterocycles. The van der Waals surface area contributed by atoms with E-state index in [0.717, 1.165) is 12.6 Å². The van der Waals surface area contributed by atoms with Gasteiger partial charge in [-0.05, 0) is 30.6 Å². The molecule has 1 aliphatic heterocycles. The summed E-state index contributed by atoms with van der Waals surface area (Å²) in [5.41, 5.74) is 0.577. The van der Waals surface area contributed by atoms with E-state index in [1.54, 1.807) is 0 Å². The molecular formula is C13H26N2. The Labute approximate surface area is 94.2 Å². The van der Waals surface area contributed by atoms with Crippen LogP contribution in [-0.2, 0) is 0 Å². The second-order valence-electron chi connectivity index (χ2n) is 5.48. The van der Waals surface area contributed by atoms with Gasteiger partial charge >= 0.3 is 0 Å². The molecule has 0 unspecified atom stereocenters. The van der Waals surface area contributed by atoms with Crippen molar-refractivity contribution in [3.8, 4) is 0 Å². The zero-order valence-corrected chi connectivity index (χ0v) is 10.1. The molecule has 0 radical (unpaired) electrons. The maximum Gasteiger partial charge on any atom is 0.0454 e. The molecule has 1 heterocycles. The van der Waals surface area contributed by atoms with E-state index in [1.165, 1.54) is 58.0 Å². The zero-order valence-electron chi connectivity index (χ0n) is 10.1. The topological polar surface area (TPSA) is 24.1 Å². The third-order valence-electron chi connectivity index (χ3n) is 4.42. The van der Waals surface area contributed by atoms with Gasteiger partial charge in [-0.1, -0.05) is 32.6 Å². The molecule has 0 bridgehead atoms. The van der Waals surface area contributed by atoms with Crippen molar-refractivity contribution < 1.29 is 0 Å². The lowest BCUT2D eigenvalue weighted by molar-refractivity contribution is 0.0788. The van der Waals surface area contributed by atoms with Gasteiger partial charge in [0.2, 0.25) is 0 Å². The first-order chi connectivity index (χ1) is 7.37. The summed E-state index contributed by atoms with van der Waals surface area (Å²) >= 11 is 0. The summed E-state index contributed by atoms with van der Waals surface area (Å²) in [6.45, 7) is 5.84. The maximum absolute atomic E-state index is 3.55. The fourth-order valence-electron chi connectivity index (χ4n) is 3.66. The molecule has 2 nitrogen and oxygen atoms in total. The highest BCUT2D eigenvalue weighted by Gasteiger charge is 2.39. The zero-order chi connectivity index (χ0) is 10.6. The monoisotopic (exact) mass is 210 g/mol. The normalized spacial score (nSPS) is 27.8. The Hall–Kier alpha value is -0.0800. The molecule has 1 saturated heterocycles. The SMILES string of the molecule is CCCC1(C2CCCCC2)CNCNC1. The molecule has 2 aliphatic rings. The fourth-order valence-corrected chi connectivity index (χ4v) is 3.66. The van der Waals surface area contributed by atoms with Gasteiger partial charge in [0, 0.05) is 19.8 Å². The average Bonchev–Trinajstić information content (AvgIpc) is 2.32. The molecule has 15 heavy (non-hydrogen) atoms. The van der Waals surface area contributed by atoms with E-state index < -0.39 is 0 Å². The van der Waals surface area contributed by atoms with Crippen LogP contribution in [0.15, 0.2) is 0 Å². The summed E-state index contributed by atoms with van der Waals surface area (Å²) in [6.07, 6.45) is 10.1. The third-order valence-corrected chi connectivity index (χ3v) is 4.42. The van der Waals surface area contributed by atoms with Crippen LogP contribution in [0.25, 0.3) is 0 Å². The maximum atomic E-state index is 3.55. The first-order valence-corrected chi connectivity index (χ1v) is 6.79. The van der Waals surface area contributed by atoms with Gasteiger partial charge in [0.1, 0.15) is 0 Å². The van der Waals surface area contributed by atoms with Gasteiger partial charge in [-0.25, -0.2) is 0 Å². The van der Waals surface area contributed by atoms with Crippen LogP contribution in [-0.4, -0.2) is 19.8 Å². The molecule has 0 amide bonds. The van der Waals surface area contributed by atoms with E-state index in [9.17, 15) is 0 Å². The number of rotatable bonds is 3. The molecule has 2 heteroatoms. The molecule has 0 atom stereocenters. The van der Waals surface area contributed by atoms with Gasteiger partial charge in [0.05, 0.1) is 0 Å². The standard InChI is InChI=1S/C13H26N2/c1-2-8-13(9-14-11-15-10-13)12-6-4-3-5-7-12/h12,14-15H,2-11H2,1H3. The number of hydrogen-bond donors (Lipinski definition) is 2. The highest BCUT2D eigenvalue weighted by atomic mass is 15.1. The summed E-state index contributed by atoms with van der Waals surface area (Å²) < 4.78 is 0. The Morgan fingerprint density at radius 1 is 1.07 bits per heavy atom. The minimum atomic E-state index is 0.577. The van der Waals surface area contributed by atoms with Crippen LogP contribution in [0.1, 0.15) is 51.9 Å². The van der Waals surface area contributed by atoms with Gasteiger partial charge in [-0.2, -0.15) is 0 Å². The quantitative estimate of drug-likeness (QED) is 0.748. The molecule has 1 aliphatic carbocycles. The summed E-state index contributed by atoms with van der Waals surface area (Å²) in [6, 6.07) is 0. The molecule has 0 aromatic rings. The Balaban J connectivity index is 2.01. The van der Waals surface area contributed by atoms with Crippen molar-refractivity contribution in [2.45, 2.75) is 51.9 Å². The number of hydrogen-bond acceptors (Lipinski definition) is 2. The van der Waals surface area contributed by atoms with Crippen LogP contribution in [0, 0.1) is 11.3 Å². The van der Waals surface area contributed by atoms with Crippen LogP contribution in [0.2, 0.25) is 0 Å². The van der Waals surface area contributed by atoms with Crippen molar-refractivity contribution in [1.29, 1.82) is 0 Å². The lowest BCUT2D eigenvalue weighted by atomic mass is 9.65. The second kappa shape index (κ2) is 5.31. The molecule has 2 N–H and O–H groups in total. The first kappa shape index (κ1) is 11.4. The summed E-state index contributed by atoms with van der Waals surface area (Å²) in [5, 5.41) is 7.09. The van der Waals surface area contributed by atoms with Crippen molar-refractivity contribution in [2.75, 3.05) is 19.8 Å². The predicted octanol–water partition coefficient (Wildman–Crippen LogP) is 2.50. The first-order valence-electron chi connectivity index (χ1n) is 6.79. The predicted molar refractivity (Wildman–Crippen MR) is 64.8 cm³/mol. The third kappa shape index (κ3) is 2.54. The van der Waals surface area contributed by atoms with E-state index >= 15 is 0 Å². The molecule has 88 valence electrons. The van der Waals surface area contributed by atoms with Crippen molar-refractivity contribution in [1.82, 2.24) is 10.6 Å². The van der Waals surface area contributed by atoms with Crippen molar-refractivity contribution in [3.63, 3.8) is 0 Å². The average molecular weight is 210 g/mol. The summed E-state index contributed by atoms with van der Waals surface area (Å²) in [7, 11) is 0. The van der Waals surface area contributed by atoms with Gasteiger partial charge in [0.25, 0.3) is 0 Å². The van der Waals surface area contributed by atoms with Gasteiger partial charge in [-0.3, -0.25) is 0 Å². The summed E-state index contributed by atoms with van der Waals surface area (Å²) in [5.74, 6) is 0.978.